The molecule has 0 amide bonds. The third kappa shape index (κ3) is 7.16. The van der Waals surface area contributed by atoms with Crippen molar-refractivity contribution in [2.24, 2.45) is 4.99 Å². The second kappa shape index (κ2) is 11.7. The van der Waals surface area contributed by atoms with Crippen molar-refractivity contribution in [3.8, 4) is 5.88 Å². The first-order valence-corrected chi connectivity index (χ1v) is 7.95. The van der Waals surface area contributed by atoms with Gasteiger partial charge in [-0.3, -0.25) is 0 Å². The highest BCUT2D eigenvalue weighted by Gasteiger charge is 2.00. The molecule has 0 aliphatic rings. The molecule has 0 atom stereocenters. The molecule has 2 aromatic rings. The normalized spacial score (nSPS) is 9.58. The Bertz CT molecular complexity index is 611. The molecule has 2 N–H and O–H groups in total. The summed E-state index contributed by atoms with van der Waals surface area (Å²) in [6.45, 7) is 6.88. The standard InChI is InChI=1S/C18H24N4O.HI/c1-3-19-18(20-4-2)22-13-16-10-11-21-17(12-16)23-14-15-8-6-5-7-9-15;/h5-12H,3-4,13-14H2,1-2H3,(H2,19,20,22);1H. The zero-order valence-electron chi connectivity index (χ0n) is 14.2. The molecule has 0 saturated carbocycles. The zero-order chi connectivity index (χ0) is 16.3. The Kier molecular flexibility index (Phi) is 9.83. The number of aromatic nitrogens is 1. The molecule has 5 nitrogen and oxygen atoms in total. The smallest absolute Gasteiger partial charge is 0.213 e. The number of hydrogen-bond acceptors (Lipinski definition) is 3. The van der Waals surface area contributed by atoms with Crippen LogP contribution in [-0.4, -0.2) is 24.0 Å². The van der Waals surface area contributed by atoms with E-state index in [0.29, 0.717) is 19.0 Å². The second-order valence-corrected chi connectivity index (χ2v) is 5.00. The highest BCUT2D eigenvalue weighted by atomic mass is 127. The monoisotopic (exact) mass is 440 g/mol. The van der Waals surface area contributed by atoms with Gasteiger partial charge in [-0.1, -0.05) is 30.3 Å². The van der Waals surface area contributed by atoms with Gasteiger partial charge in [-0.25, -0.2) is 9.98 Å². The van der Waals surface area contributed by atoms with E-state index in [0.717, 1.165) is 30.2 Å². The van der Waals surface area contributed by atoms with Crippen molar-refractivity contribution in [1.82, 2.24) is 15.6 Å². The summed E-state index contributed by atoms with van der Waals surface area (Å²) in [5, 5.41) is 6.41. The molecule has 0 aliphatic carbocycles. The molecule has 130 valence electrons. The third-order valence-electron chi connectivity index (χ3n) is 3.14. The Labute approximate surface area is 161 Å². The summed E-state index contributed by atoms with van der Waals surface area (Å²) >= 11 is 0. The molecule has 0 aliphatic heterocycles. The lowest BCUT2D eigenvalue weighted by Crippen LogP contribution is -2.36. The van der Waals surface area contributed by atoms with Crippen molar-refractivity contribution in [3.05, 3.63) is 59.8 Å². The van der Waals surface area contributed by atoms with Crippen LogP contribution in [0.2, 0.25) is 0 Å². The summed E-state index contributed by atoms with van der Waals surface area (Å²) in [7, 11) is 0. The minimum absolute atomic E-state index is 0. The van der Waals surface area contributed by atoms with E-state index in [1.165, 1.54) is 0 Å². The fraction of sp³-hybridized carbons (Fsp3) is 0.333. The second-order valence-electron chi connectivity index (χ2n) is 5.00. The molecule has 1 heterocycles. The van der Waals surface area contributed by atoms with E-state index in [-0.39, 0.29) is 24.0 Å². The van der Waals surface area contributed by atoms with Crippen molar-refractivity contribution in [3.63, 3.8) is 0 Å². The average Bonchev–Trinajstić information content (AvgIpc) is 2.60. The number of nitrogens with zero attached hydrogens (tertiary/aromatic N) is 2. The Hall–Kier alpha value is -1.83. The number of aliphatic imine (C=N–C) groups is 1. The molecule has 0 bridgehead atoms. The predicted molar refractivity (Wildman–Crippen MR) is 109 cm³/mol. The fourth-order valence-electron chi connectivity index (χ4n) is 2.04. The van der Waals surface area contributed by atoms with E-state index in [1.54, 1.807) is 6.20 Å². The molecular formula is C18H25IN4O. The molecule has 0 spiro atoms. The van der Waals surface area contributed by atoms with Crippen LogP contribution in [0.4, 0.5) is 0 Å². The van der Waals surface area contributed by atoms with Crippen LogP contribution in [-0.2, 0) is 13.2 Å². The van der Waals surface area contributed by atoms with Gasteiger partial charge in [-0.15, -0.1) is 24.0 Å². The molecule has 6 heteroatoms. The molecule has 24 heavy (non-hydrogen) atoms. The molecule has 0 fully saturated rings. The zero-order valence-corrected chi connectivity index (χ0v) is 16.5. The van der Waals surface area contributed by atoms with Crippen molar-refractivity contribution in [1.29, 1.82) is 0 Å². The summed E-state index contributed by atoms with van der Waals surface area (Å²) in [6.07, 6.45) is 1.76. The van der Waals surface area contributed by atoms with Crippen LogP contribution in [0.15, 0.2) is 53.7 Å². The Morgan fingerprint density at radius 1 is 1.04 bits per heavy atom. The first kappa shape index (κ1) is 20.2. The minimum Gasteiger partial charge on any atom is -0.473 e. The maximum Gasteiger partial charge on any atom is 0.213 e. The number of benzene rings is 1. The Morgan fingerprint density at radius 2 is 1.75 bits per heavy atom. The summed E-state index contributed by atoms with van der Waals surface area (Å²) in [5.74, 6) is 1.44. The lowest BCUT2D eigenvalue weighted by molar-refractivity contribution is 0.293. The highest BCUT2D eigenvalue weighted by molar-refractivity contribution is 14.0. The van der Waals surface area contributed by atoms with Crippen LogP contribution in [0.3, 0.4) is 0 Å². The van der Waals surface area contributed by atoms with Gasteiger partial charge in [0.05, 0.1) is 6.54 Å². The van der Waals surface area contributed by atoms with E-state index in [2.05, 4.69) is 34.5 Å². The lowest BCUT2D eigenvalue weighted by Gasteiger charge is -2.09. The van der Waals surface area contributed by atoms with E-state index < -0.39 is 0 Å². The van der Waals surface area contributed by atoms with Gasteiger partial charge in [0.1, 0.15) is 6.61 Å². The first-order chi connectivity index (χ1) is 11.3. The van der Waals surface area contributed by atoms with Crippen LogP contribution < -0.4 is 15.4 Å². The van der Waals surface area contributed by atoms with Crippen LogP contribution in [0, 0.1) is 0 Å². The molecule has 1 aromatic heterocycles. The lowest BCUT2D eigenvalue weighted by atomic mass is 10.2. The van der Waals surface area contributed by atoms with Gasteiger partial charge < -0.3 is 15.4 Å². The molecule has 0 radical (unpaired) electrons. The highest BCUT2D eigenvalue weighted by Crippen LogP contribution is 2.12. The molecular weight excluding hydrogens is 415 g/mol. The fourth-order valence-corrected chi connectivity index (χ4v) is 2.04. The third-order valence-corrected chi connectivity index (χ3v) is 3.14. The largest absolute Gasteiger partial charge is 0.473 e. The number of rotatable bonds is 7. The van der Waals surface area contributed by atoms with Gasteiger partial charge in [0, 0.05) is 25.4 Å². The number of nitrogens with one attached hydrogen (secondary N) is 2. The van der Waals surface area contributed by atoms with Crippen LogP contribution >= 0.6 is 24.0 Å². The van der Waals surface area contributed by atoms with E-state index in [9.17, 15) is 0 Å². The van der Waals surface area contributed by atoms with Crippen molar-refractivity contribution in [2.45, 2.75) is 27.0 Å². The first-order valence-electron chi connectivity index (χ1n) is 7.95. The van der Waals surface area contributed by atoms with Crippen LogP contribution in [0.1, 0.15) is 25.0 Å². The van der Waals surface area contributed by atoms with Gasteiger partial charge >= 0.3 is 0 Å². The van der Waals surface area contributed by atoms with Gasteiger partial charge in [0.15, 0.2) is 5.96 Å². The number of ether oxygens (including phenoxy) is 1. The predicted octanol–water partition coefficient (Wildman–Crippen LogP) is 3.35. The summed E-state index contributed by atoms with van der Waals surface area (Å²) in [4.78, 5) is 8.80. The Balaban J connectivity index is 0.00000288. The van der Waals surface area contributed by atoms with Gasteiger partial charge in [0.2, 0.25) is 5.88 Å². The SMILES string of the molecule is CCNC(=NCc1ccnc(OCc2ccccc2)c1)NCC.I. The number of pyridine rings is 1. The molecule has 0 saturated heterocycles. The molecule has 0 unspecified atom stereocenters. The van der Waals surface area contributed by atoms with Gasteiger partial charge in [-0.2, -0.15) is 0 Å². The maximum absolute atomic E-state index is 5.74. The van der Waals surface area contributed by atoms with Crippen molar-refractivity contribution >= 4 is 29.9 Å². The number of halogens is 1. The maximum atomic E-state index is 5.74. The summed E-state index contributed by atoms with van der Waals surface area (Å²) in [5.41, 5.74) is 2.19. The topological polar surface area (TPSA) is 58.5 Å². The summed E-state index contributed by atoms with van der Waals surface area (Å²) < 4.78 is 5.74. The van der Waals surface area contributed by atoms with Crippen LogP contribution in [0.5, 0.6) is 5.88 Å². The number of hydrogen-bond donors (Lipinski definition) is 2. The van der Waals surface area contributed by atoms with Gasteiger partial charge in [-0.05, 0) is 31.0 Å². The quantitative estimate of drug-likeness (QED) is 0.394. The van der Waals surface area contributed by atoms with E-state index in [1.807, 2.05) is 42.5 Å². The minimum atomic E-state index is 0. The average molecular weight is 440 g/mol. The summed E-state index contributed by atoms with van der Waals surface area (Å²) in [6, 6.07) is 13.9. The van der Waals surface area contributed by atoms with Crippen LogP contribution in [0.25, 0.3) is 0 Å². The Morgan fingerprint density at radius 3 is 2.42 bits per heavy atom. The van der Waals surface area contributed by atoms with Crippen molar-refractivity contribution in [2.75, 3.05) is 13.1 Å². The van der Waals surface area contributed by atoms with E-state index in [4.69, 9.17) is 4.74 Å². The van der Waals surface area contributed by atoms with Crippen molar-refractivity contribution < 1.29 is 4.74 Å². The van der Waals surface area contributed by atoms with E-state index >= 15 is 0 Å². The number of guanidine groups is 1. The molecule has 1 aromatic carbocycles. The van der Waals surface area contributed by atoms with Gasteiger partial charge in [0.25, 0.3) is 0 Å². The molecule has 2 rings (SSSR count).